The second-order valence-corrected chi connectivity index (χ2v) is 6.14. The normalized spacial score (nSPS) is 9.56. The van der Waals surface area contributed by atoms with Crippen LogP contribution >= 0.6 is 16.4 Å². The summed E-state index contributed by atoms with van der Waals surface area (Å²) < 4.78 is 0. The van der Waals surface area contributed by atoms with Crippen molar-refractivity contribution in [2.75, 3.05) is 0 Å². The van der Waals surface area contributed by atoms with Crippen molar-refractivity contribution in [3.63, 3.8) is 0 Å². The molecule has 0 saturated carbocycles. The SMILES string of the molecule is C#CCc1pc(CC#C)c(CC#C)pc1CC#C. The quantitative estimate of drug-likeness (QED) is 0.731. The van der Waals surface area contributed by atoms with Crippen LogP contribution in [0.4, 0.5) is 0 Å². The molecule has 0 unspecified atom stereocenters. The van der Waals surface area contributed by atoms with Crippen LogP contribution in [-0.4, -0.2) is 0 Å². The highest BCUT2D eigenvalue weighted by atomic mass is 31.0. The average Bonchev–Trinajstić information content (AvgIpc) is 2.35. The summed E-state index contributed by atoms with van der Waals surface area (Å²) in [5, 5.41) is 4.84. The monoisotopic (exact) mass is 266 g/mol. The Labute approximate surface area is 113 Å². The predicted octanol–water partition coefficient (Wildman–Crippen LogP) is 3.55. The van der Waals surface area contributed by atoms with E-state index in [1.165, 1.54) is 21.2 Å². The Kier molecular flexibility index (Phi) is 6.08. The number of terminal acetylenes is 4. The van der Waals surface area contributed by atoms with E-state index in [2.05, 4.69) is 23.7 Å². The van der Waals surface area contributed by atoms with Crippen LogP contribution in [0.15, 0.2) is 0 Å². The van der Waals surface area contributed by atoms with Crippen LogP contribution in [-0.2, 0) is 25.7 Å². The van der Waals surface area contributed by atoms with Crippen LogP contribution in [0.1, 0.15) is 21.2 Å². The summed E-state index contributed by atoms with van der Waals surface area (Å²) in [7, 11) is 2.21. The lowest BCUT2D eigenvalue weighted by Crippen LogP contribution is -1.92. The second-order valence-electron chi connectivity index (χ2n) is 3.53. The summed E-state index contributed by atoms with van der Waals surface area (Å²) in [5.74, 6) is 10.7. The molecule has 0 aliphatic carbocycles. The highest BCUT2D eigenvalue weighted by Gasteiger charge is 2.09. The highest BCUT2D eigenvalue weighted by Crippen LogP contribution is 2.36. The fourth-order valence-corrected chi connectivity index (χ4v) is 4.30. The Morgan fingerprint density at radius 3 is 0.944 bits per heavy atom. The molecule has 0 aliphatic rings. The van der Waals surface area contributed by atoms with Crippen molar-refractivity contribution in [3.05, 3.63) is 21.2 Å². The molecule has 1 rings (SSSR count). The topological polar surface area (TPSA) is 0 Å². The Morgan fingerprint density at radius 2 is 0.778 bits per heavy atom. The van der Waals surface area contributed by atoms with Gasteiger partial charge in [-0.2, -0.15) is 0 Å². The zero-order valence-electron chi connectivity index (χ0n) is 10.0. The molecule has 0 nitrogen and oxygen atoms in total. The van der Waals surface area contributed by atoms with Crippen molar-refractivity contribution in [3.8, 4) is 49.4 Å². The van der Waals surface area contributed by atoms with Crippen molar-refractivity contribution >= 4 is 16.4 Å². The first-order valence-corrected chi connectivity index (χ1v) is 7.17. The Hall–Kier alpha value is -1.68. The molecule has 0 bridgehead atoms. The van der Waals surface area contributed by atoms with Gasteiger partial charge in [0.15, 0.2) is 0 Å². The van der Waals surface area contributed by atoms with Gasteiger partial charge in [0.1, 0.15) is 0 Å². The van der Waals surface area contributed by atoms with E-state index in [1.807, 2.05) is 0 Å². The van der Waals surface area contributed by atoms with Crippen molar-refractivity contribution in [2.45, 2.75) is 25.7 Å². The Bertz CT molecular complexity index is 492. The molecular weight excluding hydrogens is 254 g/mol. The first-order valence-electron chi connectivity index (χ1n) is 5.38. The largest absolute Gasteiger partial charge is 0.120 e. The summed E-state index contributed by atoms with van der Waals surface area (Å²) in [5.41, 5.74) is 0. The van der Waals surface area contributed by atoms with Gasteiger partial charge in [-0.3, -0.25) is 0 Å². The van der Waals surface area contributed by atoms with Crippen LogP contribution in [0.2, 0.25) is 0 Å². The lowest BCUT2D eigenvalue weighted by atomic mass is 10.2. The summed E-state index contributed by atoms with van der Waals surface area (Å²) in [6.45, 7) is 0. The van der Waals surface area contributed by atoms with Gasteiger partial charge in [0.05, 0.1) is 0 Å². The molecule has 1 aromatic heterocycles. The molecule has 0 saturated heterocycles. The first-order chi connectivity index (χ1) is 8.76. The van der Waals surface area contributed by atoms with Crippen molar-refractivity contribution in [1.82, 2.24) is 0 Å². The van der Waals surface area contributed by atoms with E-state index in [-0.39, 0.29) is 0 Å². The zero-order valence-corrected chi connectivity index (χ0v) is 11.8. The third-order valence-corrected chi connectivity index (χ3v) is 5.43. The lowest BCUT2D eigenvalue weighted by molar-refractivity contribution is 1.26. The molecule has 0 spiro atoms. The number of hydrogen-bond acceptors (Lipinski definition) is 0. The third kappa shape index (κ3) is 3.67. The van der Waals surface area contributed by atoms with E-state index in [1.54, 1.807) is 0 Å². The maximum Gasteiger partial charge on any atom is 0.0387 e. The molecule has 1 aromatic rings. The summed E-state index contributed by atoms with van der Waals surface area (Å²) in [6.07, 6.45) is 24.1. The lowest BCUT2D eigenvalue weighted by Gasteiger charge is -2.10. The van der Waals surface area contributed by atoms with Gasteiger partial charge in [-0.1, -0.05) is 16.4 Å². The van der Waals surface area contributed by atoms with E-state index >= 15 is 0 Å². The summed E-state index contributed by atoms with van der Waals surface area (Å²) in [4.78, 5) is 0. The first kappa shape index (κ1) is 14.4. The average molecular weight is 266 g/mol. The molecular formula is C16H12P2. The number of rotatable bonds is 4. The smallest absolute Gasteiger partial charge is 0.0387 e. The van der Waals surface area contributed by atoms with Gasteiger partial charge < -0.3 is 0 Å². The highest BCUT2D eigenvalue weighted by molar-refractivity contribution is 7.39. The third-order valence-electron chi connectivity index (χ3n) is 2.28. The van der Waals surface area contributed by atoms with Gasteiger partial charge in [0, 0.05) is 46.9 Å². The van der Waals surface area contributed by atoms with Gasteiger partial charge >= 0.3 is 0 Å². The van der Waals surface area contributed by atoms with Crippen LogP contribution in [0.25, 0.3) is 0 Å². The molecule has 0 radical (unpaired) electrons. The van der Waals surface area contributed by atoms with Crippen LogP contribution in [0.3, 0.4) is 0 Å². The zero-order chi connectivity index (χ0) is 13.4. The molecule has 18 heavy (non-hydrogen) atoms. The summed E-state index contributed by atoms with van der Waals surface area (Å²) >= 11 is 0. The Balaban J connectivity index is 3.33. The summed E-state index contributed by atoms with van der Waals surface area (Å²) in [6, 6.07) is 0. The van der Waals surface area contributed by atoms with Crippen LogP contribution < -0.4 is 0 Å². The van der Waals surface area contributed by atoms with Crippen molar-refractivity contribution in [2.24, 2.45) is 0 Å². The molecule has 0 aliphatic heterocycles. The van der Waals surface area contributed by atoms with E-state index in [4.69, 9.17) is 25.7 Å². The van der Waals surface area contributed by atoms with E-state index < -0.39 is 0 Å². The van der Waals surface area contributed by atoms with E-state index in [9.17, 15) is 0 Å². The fourth-order valence-electron chi connectivity index (χ4n) is 1.54. The Morgan fingerprint density at radius 1 is 0.556 bits per heavy atom. The molecule has 86 valence electrons. The predicted molar refractivity (Wildman–Crippen MR) is 81.6 cm³/mol. The van der Waals surface area contributed by atoms with Crippen LogP contribution in [0.5, 0.6) is 0 Å². The number of hydrogen-bond donors (Lipinski definition) is 0. The maximum absolute atomic E-state index is 5.40. The van der Waals surface area contributed by atoms with Crippen molar-refractivity contribution in [1.29, 1.82) is 0 Å². The molecule has 0 aromatic carbocycles. The molecule has 0 amide bonds. The minimum absolute atomic E-state index is 0.628. The van der Waals surface area contributed by atoms with Gasteiger partial charge in [0.25, 0.3) is 0 Å². The van der Waals surface area contributed by atoms with Gasteiger partial charge in [-0.15, -0.1) is 49.4 Å². The maximum atomic E-state index is 5.40. The minimum atomic E-state index is 0.628. The van der Waals surface area contributed by atoms with Gasteiger partial charge in [-0.05, 0) is 0 Å². The molecule has 0 atom stereocenters. The molecule has 1 heterocycles. The van der Waals surface area contributed by atoms with Gasteiger partial charge in [-0.25, -0.2) is 0 Å². The van der Waals surface area contributed by atoms with Crippen molar-refractivity contribution < 1.29 is 0 Å². The molecule has 0 fully saturated rings. The van der Waals surface area contributed by atoms with Crippen LogP contribution in [0, 0.1) is 49.4 Å². The standard InChI is InChI=1S/C16H12P2/c1-5-9-13-14(10-6-2)18-16(12-8-4)15(17-13)11-7-3/h1-4H,9-12H2. The molecule has 0 N–H and O–H groups in total. The van der Waals surface area contributed by atoms with E-state index in [0.29, 0.717) is 25.7 Å². The van der Waals surface area contributed by atoms with Gasteiger partial charge in [0.2, 0.25) is 0 Å². The second kappa shape index (κ2) is 7.61. The fraction of sp³-hybridized carbons (Fsp3) is 0.250. The molecule has 2 heteroatoms. The minimum Gasteiger partial charge on any atom is -0.120 e. The van der Waals surface area contributed by atoms with E-state index in [0.717, 1.165) is 16.4 Å².